The van der Waals surface area contributed by atoms with E-state index in [1.807, 2.05) is 0 Å². The van der Waals surface area contributed by atoms with E-state index in [0.29, 0.717) is 40.8 Å². The number of benzene rings is 1. The summed E-state index contributed by atoms with van der Waals surface area (Å²) in [5.74, 6) is -0.122. The number of hydrogen-bond donors (Lipinski definition) is 1. The highest BCUT2D eigenvalue weighted by Gasteiger charge is 2.24. The molecule has 2 rings (SSSR count). The predicted molar refractivity (Wildman–Crippen MR) is 85.6 cm³/mol. The van der Waals surface area contributed by atoms with E-state index in [4.69, 9.17) is 28.3 Å². The molecule has 0 unspecified atom stereocenters. The smallest absolute Gasteiger partial charge is 0.254 e. The fourth-order valence-corrected chi connectivity index (χ4v) is 2.77. The quantitative estimate of drug-likeness (QED) is 0.861. The van der Waals surface area contributed by atoms with Gasteiger partial charge in [-0.2, -0.15) is 0 Å². The Morgan fingerprint density at radius 3 is 2.52 bits per heavy atom. The second-order valence-corrected chi connectivity index (χ2v) is 5.72. The molecule has 6 heteroatoms. The molecule has 1 saturated heterocycles. The Labute approximate surface area is 134 Å². The van der Waals surface area contributed by atoms with Crippen molar-refractivity contribution in [3.63, 3.8) is 0 Å². The predicted octanol–water partition coefficient (Wildman–Crippen LogP) is 2.14. The maximum absolute atomic E-state index is 12.5. The van der Waals surface area contributed by atoms with Gasteiger partial charge in [0.15, 0.2) is 0 Å². The highest BCUT2D eigenvalue weighted by Crippen LogP contribution is 2.30. The average molecular weight is 329 g/mol. The normalized spacial score (nSPS) is 16.0. The van der Waals surface area contributed by atoms with Crippen LogP contribution in [0.2, 0.25) is 10.0 Å². The lowest BCUT2D eigenvalue weighted by molar-refractivity contribution is -0.126. The fraction of sp³-hybridized carbons (Fsp3) is 0.400. The molecule has 0 aromatic heterocycles. The lowest BCUT2D eigenvalue weighted by atomic mass is 10.1. The molecule has 0 saturated carbocycles. The topological polar surface area (TPSA) is 43.8 Å². The zero-order valence-corrected chi connectivity index (χ0v) is 13.2. The van der Waals surface area contributed by atoms with E-state index < -0.39 is 0 Å². The Morgan fingerprint density at radius 2 is 1.90 bits per heavy atom. The highest BCUT2D eigenvalue weighted by atomic mass is 35.5. The van der Waals surface area contributed by atoms with Gasteiger partial charge in [-0.05, 0) is 6.07 Å². The molecule has 0 spiro atoms. The first kappa shape index (κ1) is 16.3. The van der Waals surface area contributed by atoms with Crippen LogP contribution in [0.3, 0.4) is 0 Å². The molecule has 1 amide bonds. The number of aliphatic hydroxyl groups excluding tert-OH is 1. The molecule has 1 aromatic carbocycles. The maximum atomic E-state index is 12.5. The number of piperazine rings is 1. The first-order valence-corrected chi connectivity index (χ1v) is 7.56. The minimum Gasteiger partial charge on any atom is -0.395 e. The molecule has 1 aliphatic rings. The first-order chi connectivity index (χ1) is 10.0. The van der Waals surface area contributed by atoms with E-state index in [-0.39, 0.29) is 12.5 Å². The van der Waals surface area contributed by atoms with Gasteiger partial charge in [-0.1, -0.05) is 41.9 Å². The van der Waals surface area contributed by atoms with Crippen LogP contribution in [0, 0.1) is 0 Å². The van der Waals surface area contributed by atoms with Gasteiger partial charge in [-0.3, -0.25) is 9.69 Å². The van der Waals surface area contributed by atoms with Crippen LogP contribution in [0.5, 0.6) is 0 Å². The Morgan fingerprint density at radius 1 is 1.24 bits per heavy atom. The Hall–Kier alpha value is -1.07. The molecule has 1 aliphatic heterocycles. The van der Waals surface area contributed by atoms with Gasteiger partial charge in [-0.15, -0.1) is 0 Å². The summed E-state index contributed by atoms with van der Waals surface area (Å²) in [4.78, 5) is 16.4. The fourth-order valence-electron chi connectivity index (χ4n) is 2.36. The molecule has 1 aromatic rings. The van der Waals surface area contributed by atoms with Crippen LogP contribution in [0.15, 0.2) is 24.8 Å². The minimum atomic E-state index is -0.122. The molecule has 0 bridgehead atoms. The van der Waals surface area contributed by atoms with Crippen molar-refractivity contribution in [2.45, 2.75) is 0 Å². The number of nitrogens with zero attached hydrogens (tertiary/aromatic N) is 2. The van der Waals surface area contributed by atoms with Gasteiger partial charge in [0.25, 0.3) is 5.91 Å². The summed E-state index contributed by atoms with van der Waals surface area (Å²) >= 11 is 12.1. The molecule has 1 N–H and O–H groups in total. The molecule has 21 heavy (non-hydrogen) atoms. The van der Waals surface area contributed by atoms with Crippen LogP contribution < -0.4 is 0 Å². The van der Waals surface area contributed by atoms with Gasteiger partial charge in [0, 0.05) is 43.9 Å². The van der Waals surface area contributed by atoms with Crippen molar-refractivity contribution >= 4 is 34.7 Å². The number of halogens is 2. The maximum Gasteiger partial charge on any atom is 0.254 e. The van der Waals surface area contributed by atoms with Crippen molar-refractivity contribution in [1.82, 2.24) is 9.80 Å². The standard InChI is InChI=1S/C15H18Cl2N2O2/c1-11(12-3-2-4-13(16)14(12)17)15(21)19-7-5-18(6-8-19)9-10-20/h2-4,20H,1,5-10H2. The lowest BCUT2D eigenvalue weighted by Crippen LogP contribution is -2.49. The largest absolute Gasteiger partial charge is 0.395 e. The zero-order chi connectivity index (χ0) is 15.4. The Kier molecular flexibility index (Phi) is 5.65. The van der Waals surface area contributed by atoms with Gasteiger partial charge in [0.1, 0.15) is 0 Å². The van der Waals surface area contributed by atoms with Crippen LogP contribution in [0.4, 0.5) is 0 Å². The van der Waals surface area contributed by atoms with E-state index in [9.17, 15) is 4.79 Å². The molecular formula is C15H18Cl2N2O2. The average Bonchev–Trinajstić information content (AvgIpc) is 2.50. The van der Waals surface area contributed by atoms with Crippen molar-refractivity contribution < 1.29 is 9.90 Å². The summed E-state index contributed by atoms with van der Waals surface area (Å²) in [6, 6.07) is 5.18. The molecular weight excluding hydrogens is 311 g/mol. The molecule has 1 heterocycles. The third-order valence-corrected chi connectivity index (χ3v) is 4.43. The monoisotopic (exact) mass is 328 g/mol. The summed E-state index contributed by atoms with van der Waals surface area (Å²) in [5, 5.41) is 9.69. The van der Waals surface area contributed by atoms with E-state index in [1.165, 1.54) is 0 Å². The summed E-state index contributed by atoms with van der Waals surface area (Å²) in [7, 11) is 0. The first-order valence-electron chi connectivity index (χ1n) is 6.80. The van der Waals surface area contributed by atoms with Crippen LogP contribution in [0.25, 0.3) is 5.57 Å². The number of rotatable bonds is 4. The number of hydrogen-bond acceptors (Lipinski definition) is 3. The van der Waals surface area contributed by atoms with E-state index >= 15 is 0 Å². The molecule has 114 valence electrons. The summed E-state index contributed by atoms with van der Waals surface area (Å²) < 4.78 is 0. The summed E-state index contributed by atoms with van der Waals surface area (Å²) in [6.07, 6.45) is 0. The highest BCUT2D eigenvalue weighted by molar-refractivity contribution is 6.44. The summed E-state index contributed by atoms with van der Waals surface area (Å²) in [5.41, 5.74) is 0.935. The molecule has 4 nitrogen and oxygen atoms in total. The molecule has 0 aliphatic carbocycles. The third kappa shape index (κ3) is 3.77. The second-order valence-electron chi connectivity index (χ2n) is 4.94. The van der Waals surface area contributed by atoms with Gasteiger partial charge in [0.05, 0.1) is 16.7 Å². The number of aliphatic hydroxyl groups is 1. The zero-order valence-electron chi connectivity index (χ0n) is 11.7. The van der Waals surface area contributed by atoms with Crippen molar-refractivity contribution in [3.05, 3.63) is 40.4 Å². The number of carbonyl (C=O) groups is 1. The van der Waals surface area contributed by atoms with Crippen molar-refractivity contribution in [2.24, 2.45) is 0 Å². The van der Waals surface area contributed by atoms with Crippen molar-refractivity contribution in [3.8, 4) is 0 Å². The van der Waals surface area contributed by atoms with E-state index in [1.54, 1.807) is 23.1 Å². The van der Waals surface area contributed by atoms with E-state index in [0.717, 1.165) is 13.1 Å². The number of β-amino-alcohol motifs (C(OH)–C–C–N with tert-alkyl or cyclic N) is 1. The number of amides is 1. The van der Waals surface area contributed by atoms with Gasteiger partial charge in [0.2, 0.25) is 0 Å². The van der Waals surface area contributed by atoms with Crippen molar-refractivity contribution in [2.75, 3.05) is 39.3 Å². The molecule has 0 radical (unpaired) electrons. The van der Waals surface area contributed by atoms with Crippen molar-refractivity contribution in [1.29, 1.82) is 0 Å². The van der Waals surface area contributed by atoms with E-state index in [2.05, 4.69) is 11.5 Å². The third-order valence-electron chi connectivity index (χ3n) is 3.61. The van der Waals surface area contributed by atoms with Gasteiger partial charge in [-0.25, -0.2) is 0 Å². The van der Waals surface area contributed by atoms with Gasteiger partial charge >= 0.3 is 0 Å². The van der Waals surface area contributed by atoms with Crippen LogP contribution >= 0.6 is 23.2 Å². The van der Waals surface area contributed by atoms with Crippen LogP contribution in [-0.2, 0) is 4.79 Å². The summed E-state index contributed by atoms with van der Waals surface area (Å²) in [6.45, 7) is 7.40. The SMILES string of the molecule is C=C(C(=O)N1CCN(CCO)CC1)c1cccc(Cl)c1Cl. The minimum absolute atomic E-state index is 0.122. The van der Waals surface area contributed by atoms with Crippen LogP contribution in [-0.4, -0.2) is 60.1 Å². The van der Waals surface area contributed by atoms with Crippen LogP contribution in [0.1, 0.15) is 5.56 Å². The molecule has 0 atom stereocenters. The lowest BCUT2D eigenvalue weighted by Gasteiger charge is -2.34. The Balaban J connectivity index is 2.04. The molecule has 1 fully saturated rings. The second kappa shape index (κ2) is 7.27. The van der Waals surface area contributed by atoms with Gasteiger partial charge < -0.3 is 10.0 Å². The number of carbonyl (C=O) groups excluding carboxylic acids is 1. The Bertz CT molecular complexity index is 540.